The number of hydrogen-bond donors (Lipinski definition) is 1. The van der Waals surface area contributed by atoms with Crippen molar-refractivity contribution in [2.45, 2.75) is 0 Å². The van der Waals surface area contributed by atoms with Gasteiger partial charge < -0.3 is 5.01 Å². The second-order valence-electron chi connectivity index (χ2n) is 3.55. The summed E-state index contributed by atoms with van der Waals surface area (Å²) in [6, 6.07) is 8.27. The molecular formula is C11H11ClN4O. The molecule has 1 aromatic heterocycles. The molecule has 0 fully saturated rings. The maximum Gasteiger partial charge on any atom is 0.273 e. The minimum Gasteiger partial charge on any atom is -0.312 e. The minimum absolute atomic E-state index is 0.248. The summed E-state index contributed by atoms with van der Waals surface area (Å²) in [6.45, 7) is 0. The van der Waals surface area contributed by atoms with Gasteiger partial charge in [0.15, 0.2) is 0 Å². The Balaban J connectivity index is 2.47. The van der Waals surface area contributed by atoms with Gasteiger partial charge in [-0.3, -0.25) is 4.79 Å². The Morgan fingerprint density at radius 2 is 2.00 bits per heavy atom. The molecule has 2 N–H and O–H groups in total. The molecule has 0 radical (unpaired) electrons. The quantitative estimate of drug-likeness (QED) is 0.643. The van der Waals surface area contributed by atoms with E-state index in [0.717, 1.165) is 0 Å². The maximum atomic E-state index is 11.8. The second kappa shape index (κ2) is 4.57. The van der Waals surface area contributed by atoms with Crippen molar-refractivity contribution >= 4 is 17.3 Å². The highest BCUT2D eigenvalue weighted by Gasteiger charge is 2.03. The molecule has 17 heavy (non-hydrogen) atoms. The molecule has 0 aliphatic heterocycles. The number of aromatic nitrogens is 2. The van der Waals surface area contributed by atoms with Crippen molar-refractivity contribution in [3.05, 3.63) is 51.9 Å². The summed E-state index contributed by atoms with van der Waals surface area (Å²) in [5, 5.41) is 5.98. The lowest BCUT2D eigenvalue weighted by Crippen LogP contribution is -2.29. The smallest absolute Gasteiger partial charge is 0.273 e. The van der Waals surface area contributed by atoms with E-state index in [2.05, 4.69) is 5.10 Å². The number of nitrogens with two attached hydrogens (primary N) is 1. The van der Waals surface area contributed by atoms with Crippen LogP contribution in [-0.2, 0) is 0 Å². The summed E-state index contributed by atoms with van der Waals surface area (Å²) in [5.74, 6) is 5.52. The molecule has 5 nitrogen and oxygen atoms in total. The monoisotopic (exact) mass is 250 g/mol. The Morgan fingerprint density at radius 1 is 1.35 bits per heavy atom. The van der Waals surface area contributed by atoms with Gasteiger partial charge in [-0.15, -0.1) is 0 Å². The van der Waals surface area contributed by atoms with E-state index in [-0.39, 0.29) is 5.56 Å². The number of benzene rings is 1. The van der Waals surface area contributed by atoms with Gasteiger partial charge >= 0.3 is 0 Å². The molecule has 0 bridgehead atoms. The van der Waals surface area contributed by atoms with Crippen molar-refractivity contribution in [2.24, 2.45) is 5.84 Å². The second-order valence-corrected chi connectivity index (χ2v) is 3.99. The van der Waals surface area contributed by atoms with Gasteiger partial charge in [-0.05, 0) is 24.3 Å². The average Bonchev–Trinajstić information content (AvgIpc) is 2.30. The van der Waals surface area contributed by atoms with E-state index in [4.69, 9.17) is 17.4 Å². The minimum atomic E-state index is -0.248. The van der Waals surface area contributed by atoms with E-state index >= 15 is 0 Å². The lowest BCUT2D eigenvalue weighted by Gasteiger charge is -2.11. The summed E-state index contributed by atoms with van der Waals surface area (Å²) in [4.78, 5) is 11.8. The Morgan fingerprint density at radius 3 is 2.53 bits per heavy atom. The Labute approximate surface area is 103 Å². The third-order valence-electron chi connectivity index (χ3n) is 2.26. The first-order valence-corrected chi connectivity index (χ1v) is 5.29. The molecule has 0 saturated carbocycles. The zero-order valence-corrected chi connectivity index (χ0v) is 9.93. The first-order valence-electron chi connectivity index (χ1n) is 4.91. The van der Waals surface area contributed by atoms with Crippen molar-refractivity contribution in [1.82, 2.24) is 9.78 Å². The molecule has 1 aromatic carbocycles. The van der Waals surface area contributed by atoms with Crippen molar-refractivity contribution in [1.29, 1.82) is 0 Å². The summed E-state index contributed by atoms with van der Waals surface area (Å²) in [5.41, 5.74) is 0.966. The van der Waals surface area contributed by atoms with Crippen LogP contribution >= 0.6 is 11.6 Å². The molecule has 0 saturated heterocycles. The van der Waals surface area contributed by atoms with Crippen LogP contribution in [0, 0.1) is 0 Å². The predicted molar refractivity (Wildman–Crippen MR) is 67.4 cm³/mol. The number of nitrogens with zero attached hydrogens (tertiary/aromatic N) is 3. The predicted octanol–water partition coefficient (Wildman–Crippen LogP) is 1.20. The van der Waals surface area contributed by atoms with E-state index in [1.54, 1.807) is 31.3 Å². The SMILES string of the molecule is CN(N)c1cnn(-c2ccc(Cl)cc2)c(=O)c1. The van der Waals surface area contributed by atoms with Crippen LogP contribution in [0.25, 0.3) is 5.69 Å². The van der Waals surface area contributed by atoms with Gasteiger partial charge in [-0.1, -0.05) is 11.6 Å². The molecular weight excluding hydrogens is 240 g/mol. The topological polar surface area (TPSA) is 64.2 Å². The average molecular weight is 251 g/mol. The first-order chi connectivity index (χ1) is 8.08. The van der Waals surface area contributed by atoms with Crippen LogP contribution in [0.1, 0.15) is 0 Å². The van der Waals surface area contributed by atoms with Gasteiger partial charge in [-0.2, -0.15) is 9.78 Å². The third kappa shape index (κ3) is 2.46. The fourth-order valence-corrected chi connectivity index (χ4v) is 1.49. The zero-order valence-electron chi connectivity index (χ0n) is 9.17. The van der Waals surface area contributed by atoms with E-state index < -0.39 is 0 Å². The molecule has 0 aliphatic rings. The molecule has 0 spiro atoms. The summed E-state index contributed by atoms with van der Waals surface area (Å²) in [7, 11) is 1.64. The largest absolute Gasteiger partial charge is 0.312 e. The molecule has 0 aliphatic carbocycles. The molecule has 1 heterocycles. The fourth-order valence-electron chi connectivity index (χ4n) is 1.37. The molecule has 2 rings (SSSR count). The number of rotatable bonds is 2. The van der Waals surface area contributed by atoms with E-state index in [0.29, 0.717) is 16.4 Å². The van der Waals surface area contributed by atoms with Crippen molar-refractivity contribution in [2.75, 3.05) is 12.1 Å². The molecule has 2 aromatic rings. The maximum absolute atomic E-state index is 11.8. The van der Waals surface area contributed by atoms with E-state index in [1.165, 1.54) is 22.0 Å². The number of anilines is 1. The number of hydrazine groups is 1. The Bertz CT molecular complexity index is 577. The van der Waals surface area contributed by atoms with Crippen molar-refractivity contribution < 1.29 is 0 Å². The highest BCUT2D eigenvalue weighted by molar-refractivity contribution is 6.30. The van der Waals surface area contributed by atoms with Gasteiger partial charge in [0.25, 0.3) is 5.56 Å². The van der Waals surface area contributed by atoms with Crippen molar-refractivity contribution in [3.63, 3.8) is 0 Å². The van der Waals surface area contributed by atoms with Crippen LogP contribution in [0.4, 0.5) is 5.69 Å². The van der Waals surface area contributed by atoms with Crippen LogP contribution in [0.3, 0.4) is 0 Å². The first kappa shape index (κ1) is 11.6. The van der Waals surface area contributed by atoms with Crippen LogP contribution in [0.5, 0.6) is 0 Å². The van der Waals surface area contributed by atoms with Crippen LogP contribution < -0.4 is 16.4 Å². The summed E-state index contributed by atoms with van der Waals surface area (Å²) in [6.07, 6.45) is 1.52. The molecule has 6 heteroatoms. The molecule has 0 amide bonds. The summed E-state index contributed by atoms with van der Waals surface area (Å²) >= 11 is 5.77. The van der Waals surface area contributed by atoms with Gasteiger partial charge in [0.05, 0.1) is 17.6 Å². The van der Waals surface area contributed by atoms with Crippen molar-refractivity contribution in [3.8, 4) is 5.69 Å². The molecule has 0 unspecified atom stereocenters. The standard InChI is InChI=1S/C11H11ClN4O/c1-15(13)10-6-11(17)16(14-7-10)9-4-2-8(12)3-5-9/h2-7H,13H2,1H3. The highest BCUT2D eigenvalue weighted by Crippen LogP contribution is 2.11. The zero-order chi connectivity index (χ0) is 12.4. The van der Waals surface area contributed by atoms with Gasteiger partial charge in [0.2, 0.25) is 0 Å². The lowest BCUT2D eigenvalue weighted by molar-refractivity contribution is 0.799. The van der Waals surface area contributed by atoms with Gasteiger partial charge in [-0.25, -0.2) is 5.84 Å². The summed E-state index contributed by atoms with van der Waals surface area (Å²) < 4.78 is 1.28. The van der Waals surface area contributed by atoms with Gasteiger partial charge in [0.1, 0.15) is 0 Å². The van der Waals surface area contributed by atoms with Crippen LogP contribution in [-0.4, -0.2) is 16.8 Å². The Kier molecular flexibility index (Phi) is 3.12. The van der Waals surface area contributed by atoms with E-state index in [9.17, 15) is 4.79 Å². The normalized spacial score (nSPS) is 10.3. The molecule has 88 valence electrons. The van der Waals surface area contributed by atoms with Crippen LogP contribution in [0.2, 0.25) is 5.02 Å². The Hall–Kier alpha value is -1.85. The lowest BCUT2D eigenvalue weighted by atomic mass is 10.3. The number of hydrogen-bond acceptors (Lipinski definition) is 4. The van der Waals surface area contributed by atoms with Crippen LogP contribution in [0.15, 0.2) is 41.3 Å². The highest BCUT2D eigenvalue weighted by atomic mass is 35.5. The third-order valence-corrected chi connectivity index (χ3v) is 2.52. The fraction of sp³-hybridized carbons (Fsp3) is 0.0909. The van der Waals surface area contributed by atoms with E-state index in [1.807, 2.05) is 0 Å². The number of halogens is 1. The molecule has 0 atom stereocenters. The van der Waals surface area contributed by atoms with Gasteiger partial charge in [0, 0.05) is 18.1 Å².